The average Bonchev–Trinajstić information content (AvgIpc) is 2.70. The first-order chi connectivity index (χ1) is 13.5. The Hall–Kier alpha value is -3.21. The number of aromatic nitrogens is 2. The van der Waals surface area contributed by atoms with Crippen molar-refractivity contribution in [3.63, 3.8) is 0 Å². The molecule has 28 heavy (non-hydrogen) atoms. The van der Waals surface area contributed by atoms with Crippen molar-refractivity contribution in [2.75, 3.05) is 5.32 Å². The summed E-state index contributed by atoms with van der Waals surface area (Å²) in [7, 11) is 0. The lowest BCUT2D eigenvalue weighted by molar-refractivity contribution is -0.119. The number of anilines is 1. The molecule has 1 amide bonds. The van der Waals surface area contributed by atoms with Crippen LogP contribution in [0.2, 0.25) is 0 Å². The lowest BCUT2D eigenvalue weighted by Crippen LogP contribution is -2.34. The maximum absolute atomic E-state index is 12.9. The van der Waals surface area contributed by atoms with E-state index in [1.807, 2.05) is 62.4 Å². The Morgan fingerprint density at radius 1 is 1.07 bits per heavy atom. The number of hydrogen-bond donors (Lipinski definition) is 1. The molecule has 0 spiro atoms. The fourth-order valence-electron chi connectivity index (χ4n) is 3.09. The van der Waals surface area contributed by atoms with Crippen molar-refractivity contribution < 1.29 is 4.79 Å². The molecule has 0 fully saturated rings. The third-order valence-electron chi connectivity index (χ3n) is 4.76. The molecule has 1 N–H and O–H groups in total. The van der Waals surface area contributed by atoms with Crippen molar-refractivity contribution >= 4 is 11.6 Å². The van der Waals surface area contributed by atoms with E-state index in [0.29, 0.717) is 12.1 Å². The minimum atomic E-state index is -0.678. The van der Waals surface area contributed by atoms with Gasteiger partial charge in [-0.3, -0.25) is 9.59 Å². The second-order valence-corrected chi connectivity index (χ2v) is 6.83. The van der Waals surface area contributed by atoms with Crippen LogP contribution in [0, 0.1) is 6.92 Å². The molecule has 5 nitrogen and oxygen atoms in total. The Labute approximate surface area is 165 Å². The zero-order valence-corrected chi connectivity index (χ0v) is 16.5. The van der Waals surface area contributed by atoms with E-state index in [2.05, 4.69) is 17.3 Å². The van der Waals surface area contributed by atoms with E-state index in [0.717, 1.165) is 28.8 Å². The van der Waals surface area contributed by atoms with Crippen LogP contribution in [0.1, 0.15) is 37.4 Å². The van der Waals surface area contributed by atoms with E-state index in [9.17, 15) is 9.59 Å². The van der Waals surface area contributed by atoms with Gasteiger partial charge in [0.1, 0.15) is 6.04 Å². The minimum absolute atomic E-state index is 0.244. The summed E-state index contributed by atoms with van der Waals surface area (Å²) in [5.74, 6) is -0.244. The lowest BCUT2D eigenvalue weighted by Gasteiger charge is -2.18. The molecule has 5 heteroatoms. The molecule has 0 aliphatic rings. The second-order valence-electron chi connectivity index (χ2n) is 6.83. The van der Waals surface area contributed by atoms with Crippen LogP contribution >= 0.6 is 0 Å². The first-order valence-corrected chi connectivity index (χ1v) is 9.58. The molecule has 0 saturated heterocycles. The summed E-state index contributed by atoms with van der Waals surface area (Å²) in [5.41, 5.74) is 4.30. The van der Waals surface area contributed by atoms with Gasteiger partial charge in [-0.2, -0.15) is 5.10 Å². The number of amides is 1. The summed E-state index contributed by atoms with van der Waals surface area (Å²) in [5, 5.41) is 7.40. The van der Waals surface area contributed by atoms with E-state index < -0.39 is 6.04 Å². The molecule has 0 radical (unpaired) electrons. The SMILES string of the molecule is CCc1cccc(NC(=O)C(CC)n2nc(-c3ccc(C)cc3)ccc2=O)c1. The first-order valence-electron chi connectivity index (χ1n) is 9.58. The zero-order valence-electron chi connectivity index (χ0n) is 16.5. The van der Waals surface area contributed by atoms with Crippen LogP contribution in [0.3, 0.4) is 0 Å². The standard InChI is InChI=1S/C23H25N3O2/c1-4-17-7-6-8-19(15-17)24-23(28)21(5-2)26-22(27)14-13-20(25-26)18-11-9-16(3)10-12-18/h6-15,21H,4-5H2,1-3H3,(H,24,28). The summed E-state index contributed by atoms with van der Waals surface area (Å²) < 4.78 is 1.29. The van der Waals surface area contributed by atoms with Crippen LogP contribution in [0.15, 0.2) is 65.5 Å². The van der Waals surface area contributed by atoms with Crippen molar-refractivity contribution in [2.45, 2.75) is 39.7 Å². The van der Waals surface area contributed by atoms with E-state index in [4.69, 9.17) is 0 Å². The Morgan fingerprint density at radius 3 is 2.50 bits per heavy atom. The predicted molar refractivity (Wildman–Crippen MR) is 112 cm³/mol. The largest absolute Gasteiger partial charge is 0.324 e. The molecule has 0 bridgehead atoms. The second kappa shape index (κ2) is 8.65. The molecular formula is C23H25N3O2. The molecule has 3 rings (SSSR count). The maximum atomic E-state index is 12.9. The molecule has 1 unspecified atom stereocenters. The Morgan fingerprint density at radius 2 is 1.82 bits per heavy atom. The quantitative estimate of drug-likeness (QED) is 0.696. The number of rotatable bonds is 6. The molecule has 0 saturated carbocycles. The first kappa shape index (κ1) is 19.5. The number of carbonyl (C=O) groups is 1. The topological polar surface area (TPSA) is 64.0 Å². The highest BCUT2D eigenvalue weighted by Gasteiger charge is 2.21. The number of nitrogens with zero attached hydrogens (tertiary/aromatic N) is 2. The Balaban J connectivity index is 1.90. The third-order valence-corrected chi connectivity index (χ3v) is 4.76. The lowest BCUT2D eigenvalue weighted by atomic mass is 10.1. The maximum Gasteiger partial charge on any atom is 0.267 e. The molecule has 0 aliphatic carbocycles. The third kappa shape index (κ3) is 4.36. The number of aryl methyl sites for hydroxylation is 2. The van der Waals surface area contributed by atoms with Gasteiger partial charge in [-0.25, -0.2) is 4.68 Å². The van der Waals surface area contributed by atoms with Gasteiger partial charge in [0, 0.05) is 17.3 Å². The van der Waals surface area contributed by atoms with Gasteiger partial charge < -0.3 is 5.32 Å². The van der Waals surface area contributed by atoms with Crippen LogP contribution < -0.4 is 10.9 Å². The molecule has 1 heterocycles. The van der Waals surface area contributed by atoms with Gasteiger partial charge in [0.25, 0.3) is 5.56 Å². The highest BCUT2D eigenvalue weighted by molar-refractivity contribution is 5.93. The van der Waals surface area contributed by atoms with Crippen molar-refractivity contribution in [3.8, 4) is 11.3 Å². The summed E-state index contributed by atoms with van der Waals surface area (Å²) in [6.07, 6.45) is 1.35. The molecule has 2 aromatic carbocycles. The summed E-state index contributed by atoms with van der Waals surface area (Å²) in [6, 6.07) is 18.1. The molecule has 1 atom stereocenters. The fraction of sp³-hybridized carbons (Fsp3) is 0.261. The summed E-state index contributed by atoms with van der Waals surface area (Å²) in [6.45, 7) is 5.96. The average molecular weight is 375 g/mol. The van der Waals surface area contributed by atoms with Gasteiger partial charge >= 0.3 is 0 Å². The van der Waals surface area contributed by atoms with Gasteiger partial charge in [-0.15, -0.1) is 0 Å². The van der Waals surface area contributed by atoms with Gasteiger partial charge in [-0.05, 0) is 43.5 Å². The normalized spacial score (nSPS) is 11.8. The summed E-state index contributed by atoms with van der Waals surface area (Å²) >= 11 is 0. The van der Waals surface area contributed by atoms with Crippen LogP contribution in [0.5, 0.6) is 0 Å². The monoisotopic (exact) mass is 375 g/mol. The summed E-state index contributed by atoms with van der Waals surface area (Å²) in [4.78, 5) is 25.3. The van der Waals surface area contributed by atoms with Gasteiger partial charge in [-0.1, -0.05) is 55.8 Å². The van der Waals surface area contributed by atoms with Crippen molar-refractivity contribution in [1.82, 2.24) is 9.78 Å². The molecule has 144 valence electrons. The zero-order chi connectivity index (χ0) is 20.1. The minimum Gasteiger partial charge on any atom is -0.324 e. The van der Waals surface area contributed by atoms with E-state index >= 15 is 0 Å². The van der Waals surface area contributed by atoms with Crippen LogP contribution in [0.25, 0.3) is 11.3 Å². The molecule has 0 aliphatic heterocycles. The highest BCUT2D eigenvalue weighted by Crippen LogP contribution is 2.19. The van der Waals surface area contributed by atoms with Crippen LogP contribution in [0.4, 0.5) is 5.69 Å². The van der Waals surface area contributed by atoms with Crippen LogP contribution in [-0.2, 0) is 11.2 Å². The number of hydrogen-bond acceptors (Lipinski definition) is 3. The predicted octanol–water partition coefficient (Wildman–Crippen LogP) is 4.37. The number of carbonyl (C=O) groups excluding carboxylic acids is 1. The molecule has 1 aromatic heterocycles. The number of benzene rings is 2. The van der Waals surface area contributed by atoms with Crippen molar-refractivity contribution in [1.29, 1.82) is 0 Å². The van der Waals surface area contributed by atoms with Crippen LogP contribution in [-0.4, -0.2) is 15.7 Å². The van der Waals surface area contributed by atoms with Gasteiger partial charge in [0.05, 0.1) is 5.69 Å². The number of nitrogens with one attached hydrogen (secondary N) is 1. The molecule has 3 aromatic rings. The van der Waals surface area contributed by atoms with E-state index in [1.54, 1.807) is 6.07 Å². The van der Waals surface area contributed by atoms with E-state index in [1.165, 1.54) is 10.7 Å². The molecular weight excluding hydrogens is 350 g/mol. The Bertz CT molecular complexity index is 1020. The Kier molecular flexibility index (Phi) is 6.04. The van der Waals surface area contributed by atoms with E-state index in [-0.39, 0.29) is 11.5 Å². The highest BCUT2D eigenvalue weighted by atomic mass is 16.2. The van der Waals surface area contributed by atoms with Gasteiger partial charge in [0.2, 0.25) is 5.91 Å². The fourth-order valence-corrected chi connectivity index (χ4v) is 3.09. The van der Waals surface area contributed by atoms with Gasteiger partial charge in [0.15, 0.2) is 0 Å². The van der Waals surface area contributed by atoms with Crippen molar-refractivity contribution in [3.05, 3.63) is 82.1 Å². The smallest absolute Gasteiger partial charge is 0.267 e. The van der Waals surface area contributed by atoms with Crippen molar-refractivity contribution in [2.24, 2.45) is 0 Å².